The summed E-state index contributed by atoms with van der Waals surface area (Å²) in [5.41, 5.74) is -2.76. The Morgan fingerprint density at radius 3 is 2.22 bits per heavy atom. The summed E-state index contributed by atoms with van der Waals surface area (Å²) in [6.45, 7) is 2.32. The van der Waals surface area contributed by atoms with Crippen molar-refractivity contribution in [1.82, 2.24) is 20.1 Å². The van der Waals surface area contributed by atoms with Crippen LogP contribution in [0, 0.1) is 5.82 Å². The molecule has 13 heteroatoms. The molecule has 2 N–H and O–H groups in total. The van der Waals surface area contributed by atoms with Gasteiger partial charge in [0, 0.05) is 6.54 Å². The topological polar surface area (TPSA) is 74.0 Å². The van der Waals surface area contributed by atoms with Gasteiger partial charge in [0.05, 0.1) is 36.4 Å². The summed E-state index contributed by atoms with van der Waals surface area (Å²) in [7, 11) is 0. The summed E-state index contributed by atoms with van der Waals surface area (Å²) in [6, 6.07) is 6.59. The molecule has 3 unspecified atom stereocenters. The fourth-order valence-corrected chi connectivity index (χ4v) is 4.57. The van der Waals surface area contributed by atoms with Crippen molar-refractivity contribution in [3.05, 3.63) is 86.8 Å². The molecule has 1 saturated heterocycles. The molecule has 200 valence electrons. The van der Waals surface area contributed by atoms with Crippen molar-refractivity contribution in [2.24, 2.45) is 0 Å². The molecule has 0 spiro atoms. The van der Waals surface area contributed by atoms with Crippen LogP contribution in [0.1, 0.15) is 53.4 Å². The molecule has 3 aromatic rings. The number of halogens is 7. The lowest BCUT2D eigenvalue weighted by atomic mass is 9.87. The largest absolute Gasteiger partial charge is 0.416 e. The fraction of sp³-hybridized carbons (Fsp3) is 0.417. The zero-order valence-electron chi connectivity index (χ0n) is 19.5. The Balaban J connectivity index is 1.66. The first-order valence-corrected chi connectivity index (χ1v) is 11.4. The van der Waals surface area contributed by atoms with E-state index in [4.69, 9.17) is 4.74 Å². The van der Waals surface area contributed by atoms with Crippen LogP contribution in [0.3, 0.4) is 0 Å². The molecule has 1 fully saturated rings. The molecule has 4 rings (SSSR count). The highest BCUT2D eigenvalue weighted by Crippen LogP contribution is 2.40. The molecule has 1 aliphatic heterocycles. The minimum atomic E-state index is -4.95. The van der Waals surface area contributed by atoms with Crippen LogP contribution in [0.15, 0.2) is 47.3 Å². The van der Waals surface area contributed by atoms with Gasteiger partial charge in [-0.2, -0.15) is 31.4 Å². The second-order valence-electron chi connectivity index (χ2n) is 8.98. The third-order valence-electron chi connectivity index (χ3n) is 6.34. The molecular formula is C24H23F7N4O2. The van der Waals surface area contributed by atoms with Crippen molar-refractivity contribution >= 4 is 0 Å². The first-order valence-electron chi connectivity index (χ1n) is 11.4. The lowest BCUT2D eigenvalue weighted by molar-refractivity contribution is -0.143. The summed E-state index contributed by atoms with van der Waals surface area (Å²) < 4.78 is 99.8. The first-order chi connectivity index (χ1) is 17.3. The normalized spacial score (nSPS) is 20.2. The van der Waals surface area contributed by atoms with Gasteiger partial charge in [-0.05, 0) is 53.8 Å². The molecule has 0 bridgehead atoms. The van der Waals surface area contributed by atoms with Crippen LogP contribution in [0.25, 0.3) is 0 Å². The molecule has 2 heterocycles. The highest BCUT2D eigenvalue weighted by Gasteiger charge is 2.39. The predicted octanol–water partition coefficient (Wildman–Crippen LogP) is 5.41. The zero-order chi connectivity index (χ0) is 27.0. The summed E-state index contributed by atoms with van der Waals surface area (Å²) >= 11 is 0. The van der Waals surface area contributed by atoms with Crippen molar-refractivity contribution in [3.63, 3.8) is 0 Å². The molecule has 0 saturated carbocycles. The summed E-state index contributed by atoms with van der Waals surface area (Å²) in [5, 5.41) is 6.17. The standard InChI is InChI=1S/C24H23F7N4O2/c1-13(15-9-16(23(26,27)28)11-17(10-15)24(29,30)31)8-19-21(14-2-4-18(25)5-3-14)35(6-7-37-19)12-20-32-22(36)34-33-20/h2-5,9-11,13,19,21H,6-8,12H2,1H3,(H2,32,33,34,36). The lowest BCUT2D eigenvalue weighted by Crippen LogP contribution is -2.45. The fourth-order valence-electron chi connectivity index (χ4n) is 4.57. The number of rotatable bonds is 6. The van der Waals surface area contributed by atoms with Gasteiger partial charge in [0.2, 0.25) is 0 Å². The summed E-state index contributed by atoms with van der Waals surface area (Å²) in [5.74, 6) is -0.891. The van der Waals surface area contributed by atoms with Crippen LogP contribution < -0.4 is 5.69 Å². The van der Waals surface area contributed by atoms with Crippen LogP contribution in [0.2, 0.25) is 0 Å². The van der Waals surface area contributed by atoms with Crippen molar-refractivity contribution in [1.29, 1.82) is 0 Å². The van der Waals surface area contributed by atoms with Gasteiger partial charge in [-0.25, -0.2) is 14.3 Å². The maximum absolute atomic E-state index is 13.6. The third kappa shape index (κ3) is 6.39. The summed E-state index contributed by atoms with van der Waals surface area (Å²) in [6.07, 6.45) is -10.5. The molecule has 0 aliphatic carbocycles. The zero-order valence-corrected chi connectivity index (χ0v) is 19.5. The van der Waals surface area contributed by atoms with E-state index in [1.54, 1.807) is 12.1 Å². The van der Waals surface area contributed by atoms with Gasteiger partial charge in [-0.3, -0.25) is 9.88 Å². The van der Waals surface area contributed by atoms with Gasteiger partial charge in [-0.1, -0.05) is 19.1 Å². The maximum atomic E-state index is 13.6. The number of hydrogen-bond acceptors (Lipinski definition) is 4. The van der Waals surface area contributed by atoms with Gasteiger partial charge in [0.1, 0.15) is 11.6 Å². The molecule has 37 heavy (non-hydrogen) atoms. The van der Waals surface area contributed by atoms with Crippen molar-refractivity contribution in [3.8, 4) is 0 Å². The number of benzene rings is 2. The quantitative estimate of drug-likeness (QED) is 0.417. The maximum Gasteiger partial charge on any atom is 0.416 e. The van der Waals surface area contributed by atoms with E-state index in [-0.39, 0.29) is 31.2 Å². The Morgan fingerprint density at radius 2 is 1.68 bits per heavy atom. The van der Waals surface area contributed by atoms with Gasteiger partial charge in [0.25, 0.3) is 0 Å². The van der Waals surface area contributed by atoms with E-state index >= 15 is 0 Å². The molecule has 1 aliphatic rings. The average molecular weight is 532 g/mol. The van der Waals surface area contributed by atoms with Crippen molar-refractivity contribution in [2.45, 2.75) is 50.3 Å². The SMILES string of the molecule is CC(CC1OCCN(Cc2n[nH]c(=O)[nH]2)C1c1ccc(F)cc1)c1cc(C(F)(F)F)cc(C(F)(F)F)c1. The van der Waals surface area contributed by atoms with Crippen LogP contribution >= 0.6 is 0 Å². The van der Waals surface area contributed by atoms with Gasteiger partial charge in [-0.15, -0.1) is 0 Å². The van der Waals surface area contributed by atoms with E-state index < -0.39 is 53.1 Å². The van der Waals surface area contributed by atoms with E-state index in [1.807, 2.05) is 4.90 Å². The second kappa shape index (κ2) is 10.3. The van der Waals surface area contributed by atoms with Gasteiger partial charge < -0.3 is 4.74 Å². The molecule has 0 radical (unpaired) electrons. The van der Waals surface area contributed by atoms with E-state index in [1.165, 1.54) is 19.1 Å². The Morgan fingerprint density at radius 1 is 1.05 bits per heavy atom. The molecule has 6 nitrogen and oxygen atoms in total. The summed E-state index contributed by atoms with van der Waals surface area (Å²) in [4.78, 5) is 15.9. The number of ether oxygens (including phenoxy) is 1. The highest BCUT2D eigenvalue weighted by atomic mass is 19.4. The van der Waals surface area contributed by atoms with Crippen molar-refractivity contribution < 1.29 is 35.5 Å². The second-order valence-corrected chi connectivity index (χ2v) is 8.98. The van der Waals surface area contributed by atoms with Gasteiger partial charge >= 0.3 is 18.0 Å². The molecule has 1 aromatic heterocycles. The number of nitrogens with one attached hydrogen (secondary N) is 2. The third-order valence-corrected chi connectivity index (χ3v) is 6.34. The Labute approximate surface area is 206 Å². The lowest BCUT2D eigenvalue weighted by Gasteiger charge is -2.42. The molecule has 2 aromatic carbocycles. The number of aromatic amines is 2. The van der Waals surface area contributed by atoms with Crippen LogP contribution in [0.5, 0.6) is 0 Å². The highest BCUT2D eigenvalue weighted by molar-refractivity contribution is 5.35. The monoisotopic (exact) mass is 532 g/mol. The van der Waals surface area contributed by atoms with Crippen LogP contribution in [-0.4, -0.2) is 39.3 Å². The number of H-pyrrole nitrogens is 2. The first kappa shape index (κ1) is 26.9. The van der Waals surface area contributed by atoms with Crippen LogP contribution in [-0.2, 0) is 23.6 Å². The average Bonchev–Trinajstić information content (AvgIpc) is 3.23. The molecule has 3 atom stereocenters. The number of alkyl halides is 6. The number of nitrogens with zero attached hydrogens (tertiary/aromatic N) is 2. The molecule has 0 amide bonds. The number of morpholine rings is 1. The predicted molar refractivity (Wildman–Crippen MR) is 118 cm³/mol. The molecular weight excluding hydrogens is 509 g/mol. The smallest absolute Gasteiger partial charge is 0.375 e. The number of aromatic nitrogens is 3. The van der Waals surface area contributed by atoms with Crippen molar-refractivity contribution in [2.75, 3.05) is 13.2 Å². The minimum Gasteiger partial charge on any atom is -0.375 e. The van der Waals surface area contributed by atoms with E-state index in [9.17, 15) is 35.5 Å². The van der Waals surface area contributed by atoms with Gasteiger partial charge in [0.15, 0.2) is 0 Å². The number of hydrogen-bond donors (Lipinski definition) is 2. The van der Waals surface area contributed by atoms with E-state index in [2.05, 4.69) is 15.2 Å². The van der Waals surface area contributed by atoms with Crippen LogP contribution in [0.4, 0.5) is 30.7 Å². The minimum absolute atomic E-state index is 0.0776. The Hall–Kier alpha value is -3.19. The van der Waals surface area contributed by atoms with E-state index in [0.717, 1.165) is 12.1 Å². The van der Waals surface area contributed by atoms with E-state index in [0.29, 0.717) is 17.9 Å². The Kier molecular flexibility index (Phi) is 7.47. The Bertz CT molecular complexity index is 1240.